The number of carbonyl (C=O) groups is 1. The molecule has 0 amide bonds. The maximum atomic E-state index is 13.3. The van der Waals surface area contributed by atoms with Crippen LogP contribution in [0, 0.1) is 6.92 Å². The normalized spacial score (nSPS) is 11.2. The van der Waals surface area contributed by atoms with Gasteiger partial charge in [-0.05, 0) is 58.5 Å². The molecule has 3 heterocycles. The minimum Gasteiger partial charge on any atom is -0.453 e. The number of imidazole rings is 1. The summed E-state index contributed by atoms with van der Waals surface area (Å²) in [6, 6.07) is 24.3. The summed E-state index contributed by atoms with van der Waals surface area (Å²) in [7, 11) is 0. The average Bonchev–Trinajstić information content (AvgIpc) is 3.78. The number of H-pyrrole nitrogens is 1. The smallest absolute Gasteiger partial charge is 0.453 e. The van der Waals surface area contributed by atoms with Crippen LogP contribution in [0.15, 0.2) is 86.4 Å². The average molecular weight is 625 g/mol. The number of aryl methyl sites for hydroxylation is 2. The number of nitrogens with zero attached hydrogens (tertiary/aromatic N) is 5. The number of aromatic amines is 1. The van der Waals surface area contributed by atoms with E-state index in [2.05, 4.69) is 50.7 Å². The number of unbranched alkanes of at least 4 members (excludes halogenated alkanes) is 1. The SMILES string of the molecule is CCCCc1nc(Cl)c(C(=O)OCc2oc(=O)oc2C)n1Cc1ccc(-c2cc(-c3ccccc3)ccc2-c2nn[nH]n2)cc1. The predicted molar refractivity (Wildman–Crippen MR) is 167 cm³/mol. The van der Waals surface area contributed by atoms with Crippen LogP contribution in [0.5, 0.6) is 0 Å². The number of esters is 1. The van der Waals surface area contributed by atoms with Crippen LogP contribution in [0.1, 0.15) is 53.2 Å². The van der Waals surface area contributed by atoms with E-state index in [9.17, 15) is 9.59 Å². The number of tetrazole rings is 1. The van der Waals surface area contributed by atoms with Gasteiger partial charge in [0.1, 0.15) is 5.82 Å². The number of hydrogen-bond donors (Lipinski definition) is 1. The molecule has 6 rings (SSSR count). The van der Waals surface area contributed by atoms with Crippen molar-refractivity contribution in [2.75, 3.05) is 0 Å². The first-order valence-corrected chi connectivity index (χ1v) is 14.8. The Morgan fingerprint density at radius 3 is 2.44 bits per heavy atom. The minimum atomic E-state index is -0.858. The number of hydrogen-bond acceptors (Lipinski definition) is 9. The van der Waals surface area contributed by atoms with Crippen LogP contribution in [0.25, 0.3) is 33.6 Å². The molecule has 0 saturated heterocycles. The van der Waals surface area contributed by atoms with Gasteiger partial charge in [-0.25, -0.2) is 14.6 Å². The zero-order chi connectivity index (χ0) is 31.3. The van der Waals surface area contributed by atoms with Gasteiger partial charge in [-0.2, -0.15) is 5.21 Å². The van der Waals surface area contributed by atoms with E-state index in [0.29, 0.717) is 24.6 Å². The number of ether oxygens (including phenoxy) is 1. The molecule has 45 heavy (non-hydrogen) atoms. The monoisotopic (exact) mass is 624 g/mol. The van der Waals surface area contributed by atoms with Crippen LogP contribution in [0.2, 0.25) is 5.15 Å². The van der Waals surface area contributed by atoms with Crippen LogP contribution in [0.3, 0.4) is 0 Å². The van der Waals surface area contributed by atoms with Crippen LogP contribution in [-0.4, -0.2) is 36.1 Å². The second-order valence-electron chi connectivity index (χ2n) is 10.4. The first kappa shape index (κ1) is 29.8. The molecule has 1 N–H and O–H groups in total. The largest absolute Gasteiger partial charge is 0.519 e. The van der Waals surface area contributed by atoms with Crippen LogP contribution < -0.4 is 5.82 Å². The first-order chi connectivity index (χ1) is 21.9. The highest BCUT2D eigenvalue weighted by Crippen LogP contribution is 2.34. The number of carbonyl (C=O) groups excluding carboxylic acids is 1. The summed E-state index contributed by atoms with van der Waals surface area (Å²) < 4.78 is 17.1. The van der Waals surface area contributed by atoms with Crippen molar-refractivity contribution in [2.45, 2.75) is 46.3 Å². The Morgan fingerprint density at radius 2 is 1.76 bits per heavy atom. The Hall–Kier alpha value is -5.29. The Labute approximate surface area is 262 Å². The molecular formula is C33H29ClN6O5. The maximum absolute atomic E-state index is 13.3. The zero-order valence-electron chi connectivity index (χ0n) is 24.6. The topological polar surface area (TPSA) is 142 Å². The molecule has 3 aromatic heterocycles. The van der Waals surface area contributed by atoms with Gasteiger partial charge in [-0.1, -0.05) is 85.6 Å². The predicted octanol–water partition coefficient (Wildman–Crippen LogP) is 6.65. The molecule has 6 aromatic rings. The third-order valence-corrected chi connectivity index (χ3v) is 7.70. The Morgan fingerprint density at radius 1 is 0.978 bits per heavy atom. The number of nitrogens with one attached hydrogen (secondary N) is 1. The zero-order valence-corrected chi connectivity index (χ0v) is 25.4. The second-order valence-corrected chi connectivity index (χ2v) is 10.8. The first-order valence-electron chi connectivity index (χ1n) is 14.4. The fourth-order valence-corrected chi connectivity index (χ4v) is 5.38. The van der Waals surface area contributed by atoms with Crippen molar-refractivity contribution in [3.63, 3.8) is 0 Å². The molecule has 0 aliphatic carbocycles. The molecule has 0 aliphatic heterocycles. The Kier molecular flexibility index (Phi) is 8.70. The number of halogens is 1. The number of benzene rings is 3. The lowest BCUT2D eigenvalue weighted by molar-refractivity contribution is 0.0430. The lowest BCUT2D eigenvalue weighted by Gasteiger charge is -2.14. The lowest BCUT2D eigenvalue weighted by Crippen LogP contribution is -2.15. The van der Waals surface area contributed by atoms with E-state index in [-0.39, 0.29) is 29.0 Å². The molecule has 0 fully saturated rings. The van der Waals surface area contributed by atoms with Gasteiger partial charge < -0.3 is 18.1 Å². The summed E-state index contributed by atoms with van der Waals surface area (Å²) in [4.78, 5) is 29.2. The van der Waals surface area contributed by atoms with Gasteiger partial charge in [0, 0.05) is 18.5 Å². The fraction of sp³-hybridized carbons (Fsp3) is 0.212. The van der Waals surface area contributed by atoms with Crippen molar-refractivity contribution in [1.82, 2.24) is 30.2 Å². The van der Waals surface area contributed by atoms with Crippen LogP contribution >= 0.6 is 11.6 Å². The van der Waals surface area contributed by atoms with E-state index < -0.39 is 11.8 Å². The van der Waals surface area contributed by atoms with Crippen molar-refractivity contribution in [3.05, 3.63) is 117 Å². The van der Waals surface area contributed by atoms with E-state index in [4.69, 9.17) is 25.2 Å². The van der Waals surface area contributed by atoms with Crippen molar-refractivity contribution in [2.24, 2.45) is 0 Å². The molecule has 0 spiro atoms. The standard InChI is InChI=1S/C33H29ClN6O5/c1-3-4-10-28-35-30(34)29(32(41)43-19-27-20(2)44-33(42)45-27)40(28)18-21-11-13-23(14-12-21)26-17-24(22-8-6-5-7-9-22)15-16-25(26)31-36-38-39-37-31/h5-9,11-17H,3-4,10,18-19H2,1-2H3,(H,36,37,38,39). The third kappa shape index (κ3) is 6.48. The fourth-order valence-electron chi connectivity index (χ4n) is 5.10. The van der Waals surface area contributed by atoms with Crippen molar-refractivity contribution in [1.29, 1.82) is 0 Å². The van der Waals surface area contributed by atoms with E-state index in [0.717, 1.165) is 46.2 Å². The van der Waals surface area contributed by atoms with Gasteiger partial charge in [-0.3, -0.25) is 0 Å². The Bertz CT molecular complexity index is 1980. The van der Waals surface area contributed by atoms with Crippen LogP contribution in [-0.2, 0) is 24.3 Å². The molecule has 0 bridgehead atoms. The second kappa shape index (κ2) is 13.1. The van der Waals surface area contributed by atoms with Crippen molar-refractivity contribution in [3.8, 4) is 33.6 Å². The minimum absolute atomic E-state index is 0.0515. The quantitative estimate of drug-likeness (QED) is 0.157. The van der Waals surface area contributed by atoms with Crippen molar-refractivity contribution < 1.29 is 18.4 Å². The number of rotatable bonds is 11. The molecule has 0 unspecified atom stereocenters. The summed E-state index contributed by atoms with van der Waals surface area (Å²) in [5.41, 5.74) is 5.96. The van der Waals surface area contributed by atoms with E-state index >= 15 is 0 Å². The van der Waals surface area contributed by atoms with Gasteiger partial charge in [0.05, 0.1) is 0 Å². The van der Waals surface area contributed by atoms with Crippen LogP contribution in [0.4, 0.5) is 0 Å². The molecule has 12 heteroatoms. The highest BCUT2D eigenvalue weighted by Gasteiger charge is 2.25. The van der Waals surface area contributed by atoms with Crippen molar-refractivity contribution >= 4 is 17.6 Å². The van der Waals surface area contributed by atoms with E-state index in [1.807, 2.05) is 54.6 Å². The molecule has 0 radical (unpaired) electrons. The molecular weight excluding hydrogens is 596 g/mol. The molecule has 0 atom stereocenters. The third-order valence-electron chi connectivity index (χ3n) is 7.44. The molecule has 0 saturated carbocycles. The molecule has 228 valence electrons. The summed E-state index contributed by atoms with van der Waals surface area (Å²) in [5.74, 6) is 0.0108. The lowest BCUT2D eigenvalue weighted by atomic mass is 9.93. The molecule has 3 aromatic carbocycles. The van der Waals surface area contributed by atoms with Gasteiger partial charge in [0.15, 0.2) is 29.0 Å². The number of aromatic nitrogens is 6. The van der Waals surface area contributed by atoms with Gasteiger partial charge >= 0.3 is 11.8 Å². The highest BCUT2D eigenvalue weighted by molar-refractivity contribution is 6.32. The van der Waals surface area contributed by atoms with Gasteiger partial charge in [0.2, 0.25) is 5.82 Å². The summed E-state index contributed by atoms with van der Waals surface area (Å²) >= 11 is 6.50. The van der Waals surface area contributed by atoms with E-state index in [1.54, 1.807) is 11.5 Å². The summed E-state index contributed by atoms with van der Waals surface area (Å²) in [6.45, 7) is 3.70. The molecule has 11 nitrogen and oxygen atoms in total. The van der Waals surface area contributed by atoms with Gasteiger partial charge in [0.25, 0.3) is 0 Å². The van der Waals surface area contributed by atoms with Gasteiger partial charge in [-0.15, -0.1) is 10.2 Å². The summed E-state index contributed by atoms with van der Waals surface area (Å²) in [5, 5.41) is 14.8. The summed E-state index contributed by atoms with van der Waals surface area (Å²) in [6.07, 6.45) is 2.46. The highest BCUT2D eigenvalue weighted by atomic mass is 35.5. The Balaban J connectivity index is 1.31. The van der Waals surface area contributed by atoms with E-state index in [1.165, 1.54) is 0 Å². The maximum Gasteiger partial charge on any atom is 0.519 e. The molecule has 0 aliphatic rings.